The lowest BCUT2D eigenvalue weighted by atomic mass is 9.81. The summed E-state index contributed by atoms with van der Waals surface area (Å²) in [5.41, 5.74) is 8.64. The zero-order chi connectivity index (χ0) is 35.6. The van der Waals surface area contributed by atoms with Crippen LogP contribution < -0.4 is 9.46 Å². The number of morpholine rings is 1. The Balaban J connectivity index is 1.37. The number of hydrogen-bond acceptors (Lipinski definition) is 8. The maximum Gasteiger partial charge on any atom is 0.262 e. The highest BCUT2D eigenvalue weighted by Crippen LogP contribution is 2.48. The fourth-order valence-electron chi connectivity index (χ4n) is 7.76. The number of aryl methyl sites for hydroxylation is 1. The number of ether oxygens (including phenoxy) is 2. The molecule has 0 unspecified atom stereocenters. The van der Waals surface area contributed by atoms with E-state index in [1.165, 1.54) is 48.0 Å². The fraction of sp³-hybridized carbons (Fsp3) is 0.462. The van der Waals surface area contributed by atoms with E-state index >= 15 is 0 Å². The van der Waals surface area contributed by atoms with E-state index in [0.717, 1.165) is 66.1 Å². The molecular weight excluding hydrogens is 663 g/mol. The average Bonchev–Trinajstić information content (AvgIpc) is 3.64. The van der Waals surface area contributed by atoms with Crippen molar-refractivity contribution in [1.29, 1.82) is 0 Å². The van der Waals surface area contributed by atoms with Crippen molar-refractivity contribution < 1.29 is 19.1 Å². The Labute approximate surface area is 304 Å². The molecule has 4 aromatic rings. The van der Waals surface area contributed by atoms with Gasteiger partial charge in [-0.05, 0) is 86.0 Å². The van der Waals surface area contributed by atoms with Gasteiger partial charge in [-0.25, -0.2) is 4.31 Å². The second-order valence-corrected chi connectivity index (χ2v) is 15.1. The van der Waals surface area contributed by atoms with Crippen LogP contribution >= 0.6 is 12.1 Å². The predicted molar refractivity (Wildman–Crippen MR) is 204 cm³/mol. The van der Waals surface area contributed by atoms with Gasteiger partial charge in [0.1, 0.15) is 5.75 Å². The minimum Gasteiger partial charge on any atom is -0.497 e. The van der Waals surface area contributed by atoms with Gasteiger partial charge in [0.2, 0.25) is 0 Å². The summed E-state index contributed by atoms with van der Waals surface area (Å²) in [6.45, 7) is 4.73. The number of fused-ring (bicyclic) bond motifs is 5. The Morgan fingerprint density at radius 3 is 2.55 bits per heavy atom. The first kappa shape index (κ1) is 35.3. The molecule has 2 amide bonds. The number of carbonyl (C=O) groups is 2. The number of amides is 2. The topological polar surface area (TPSA) is 97.1 Å². The van der Waals surface area contributed by atoms with E-state index in [1.807, 2.05) is 45.0 Å². The van der Waals surface area contributed by atoms with E-state index in [0.29, 0.717) is 43.3 Å². The van der Waals surface area contributed by atoms with Gasteiger partial charge in [0, 0.05) is 74.4 Å². The third kappa shape index (κ3) is 7.19. The van der Waals surface area contributed by atoms with Gasteiger partial charge in [-0.2, -0.15) is 5.10 Å². The van der Waals surface area contributed by atoms with Crippen molar-refractivity contribution in [2.45, 2.75) is 44.6 Å². The highest BCUT2D eigenvalue weighted by atomic mass is 32.2. The summed E-state index contributed by atoms with van der Waals surface area (Å²) < 4.78 is 20.6. The lowest BCUT2D eigenvalue weighted by Gasteiger charge is -2.24. The predicted octanol–water partition coefficient (Wildman–Crippen LogP) is 5.91. The Morgan fingerprint density at radius 2 is 1.80 bits per heavy atom. The molecule has 11 nitrogen and oxygen atoms in total. The van der Waals surface area contributed by atoms with Gasteiger partial charge < -0.3 is 23.8 Å². The molecule has 1 N–H and O–H groups in total. The van der Waals surface area contributed by atoms with Gasteiger partial charge in [-0.1, -0.05) is 25.3 Å². The molecule has 51 heavy (non-hydrogen) atoms. The summed E-state index contributed by atoms with van der Waals surface area (Å²) in [7, 11) is 9.46. The van der Waals surface area contributed by atoms with Crippen molar-refractivity contribution in [2.75, 3.05) is 67.6 Å². The quantitative estimate of drug-likeness (QED) is 0.203. The summed E-state index contributed by atoms with van der Waals surface area (Å²) in [5, 5.41) is 5.80. The highest BCUT2D eigenvalue weighted by molar-refractivity contribution is 7.95. The molecule has 2 fully saturated rings. The van der Waals surface area contributed by atoms with E-state index in [4.69, 9.17) is 9.47 Å². The number of allylic oxidation sites excluding steroid dienone is 1. The van der Waals surface area contributed by atoms with Crippen LogP contribution in [0, 0.1) is 0 Å². The van der Waals surface area contributed by atoms with Gasteiger partial charge in [0.15, 0.2) is 0 Å². The van der Waals surface area contributed by atoms with Crippen LogP contribution in [-0.4, -0.2) is 108 Å². The molecule has 1 saturated carbocycles. The third-order valence-corrected chi connectivity index (χ3v) is 11.4. The molecular formula is C39H49N7O4S. The molecule has 3 aliphatic rings. The lowest BCUT2D eigenvalue weighted by Crippen LogP contribution is -2.34. The molecule has 12 heteroatoms. The summed E-state index contributed by atoms with van der Waals surface area (Å²) in [6.07, 6.45) is 9.83. The summed E-state index contributed by atoms with van der Waals surface area (Å²) in [4.78, 5) is 31.5. The zero-order valence-corrected chi connectivity index (χ0v) is 31.2. The van der Waals surface area contributed by atoms with E-state index in [1.54, 1.807) is 18.2 Å². The van der Waals surface area contributed by atoms with Crippen molar-refractivity contribution >= 4 is 46.5 Å². The number of benzene rings is 2. The SMILES string of the molecule is COc1ccc2c(c1)C=C(c1c(C(=O)N(C)CCN(C)C)cnn1C)Cn1c-2c(C2CCCCC2)c2ccc(C(=O)NSN3CCOCC3)cc21. The Morgan fingerprint density at radius 1 is 1.02 bits per heavy atom. The van der Waals surface area contributed by atoms with Crippen LogP contribution in [0.15, 0.2) is 42.6 Å². The Bertz CT molecular complexity index is 1950. The lowest BCUT2D eigenvalue weighted by molar-refractivity contribution is 0.0765. The molecule has 7 rings (SSSR count). The molecule has 4 heterocycles. The summed E-state index contributed by atoms with van der Waals surface area (Å²) in [5.74, 6) is 0.991. The highest BCUT2D eigenvalue weighted by Gasteiger charge is 2.32. The van der Waals surface area contributed by atoms with Crippen LogP contribution in [0.3, 0.4) is 0 Å². The number of rotatable bonds is 10. The Hall–Kier alpha value is -4.10. The third-order valence-electron chi connectivity index (χ3n) is 10.5. The summed E-state index contributed by atoms with van der Waals surface area (Å²) in [6, 6.07) is 12.5. The van der Waals surface area contributed by atoms with Gasteiger partial charge in [0.05, 0.1) is 50.0 Å². The first-order valence-corrected chi connectivity index (χ1v) is 18.8. The molecule has 1 aliphatic carbocycles. The molecule has 270 valence electrons. The van der Waals surface area contributed by atoms with Crippen molar-refractivity contribution in [3.05, 3.63) is 70.5 Å². The average molecular weight is 712 g/mol. The number of hydrogen-bond donors (Lipinski definition) is 1. The van der Waals surface area contributed by atoms with Gasteiger partial charge in [-0.3, -0.25) is 19.0 Å². The van der Waals surface area contributed by atoms with Gasteiger partial charge in [0.25, 0.3) is 11.8 Å². The second-order valence-electron chi connectivity index (χ2n) is 14.2. The van der Waals surface area contributed by atoms with Crippen LogP contribution in [0.25, 0.3) is 33.8 Å². The van der Waals surface area contributed by atoms with Crippen LogP contribution in [0.4, 0.5) is 0 Å². The molecule has 0 bridgehead atoms. The second kappa shape index (κ2) is 15.2. The Kier molecular flexibility index (Phi) is 10.6. The number of methoxy groups -OCH3 is 1. The van der Waals surface area contributed by atoms with E-state index in [2.05, 4.69) is 53.9 Å². The van der Waals surface area contributed by atoms with Crippen molar-refractivity contribution in [3.8, 4) is 17.0 Å². The number of nitrogens with one attached hydrogen (secondary N) is 1. The first-order valence-electron chi connectivity index (χ1n) is 18.0. The molecule has 0 atom stereocenters. The minimum absolute atomic E-state index is 0.0619. The van der Waals surface area contributed by atoms with Crippen molar-refractivity contribution in [1.82, 2.24) is 33.2 Å². The van der Waals surface area contributed by atoms with Gasteiger partial charge in [-0.15, -0.1) is 0 Å². The number of aromatic nitrogens is 3. The van der Waals surface area contributed by atoms with Crippen molar-refractivity contribution in [3.63, 3.8) is 0 Å². The van der Waals surface area contributed by atoms with E-state index < -0.39 is 0 Å². The molecule has 2 aromatic heterocycles. The zero-order valence-electron chi connectivity index (χ0n) is 30.4. The number of likely N-dealkylation sites (N-methyl/N-ethyl adjacent to an activating group) is 2. The van der Waals surface area contributed by atoms with Gasteiger partial charge >= 0.3 is 0 Å². The number of nitrogens with zero attached hydrogens (tertiary/aromatic N) is 6. The molecule has 0 spiro atoms. The summed E-state index contributed by atoms with van der Waals surface area (Å²) >= 11 is 1.35. The fourth-order valence-corrected chi connectivity index (χ4v) is 8.42. The van der Waals surface area contributed by atoms with Crippen LogP contribution in [0.5, 0.6) is 5.75 Å². The molecule has 0 radical (unpaired) electrons. The monoisotopic (exact) mass is 711 g/mol. The normalized spacial score (nSPS) is 16.8. The van der Waals surface area contributed by atoms with Crippen LogP contribution in [0.1, 0.15) is 75.6 Å². The number of carbonyl (C=O) groups excluding carboxylic acids is 2. The van der Waals surface area contributed by atoms with Crippen LogP contribution in [-0.2, 0) is 18.3 Å². The molecule has 2 aliphatic heterocycles. The first-order chi connectivity index (χ1) is 24.7. The maximum atomic E-state index is 14.0. The maximum absolute atomic E-state index is 14.0. The van der Waals surface area contributed by atoms with E-state index in [-0.39, 0.29) is 11.8 Å². The molecule has 1 saturated heterocycles. The van der Waals surface area contributed by atoms with Crippen molar-refractivity contribution in [2.24, 2.45) is 7.05 Å². The molecule has 2 aromatic carbocycles. The van der Waals surface area contributed by atoms with Crippen LogP contribution in [0.2, 0.25) is 0 Å². The standard InChI is InChI=1S/C39H49N7O4S/c1-42(2)15-16-43(3)39(48)33-24-40-44(4)36(33)29-21-28-22-30(49-5)12-14-31(28)37-35(26-9-7-6-8-10-26)32-13-11-27(23-34(32)46(37)25-29)38(47)41-51-45-17-19-50-20-18-45/h11-14,21-24,26H,6-10,15-20,25H2,1-5H3,(H,41,47). The largest absolute Gasteiger partial charge is 0.497 e. The minimum atomic E-state index is -0.127. The smallest absolute Gasteiger partial charge is 0.262 e. The van der Waals surface area contributed by atoms with E-state index in [9.17, 15) is 9.59 Å².